The van der Waals surface area contributed by atoms with E-state index in [0.29, 0.717) is 5.56 Å². The Morgan fingerprint density at radius 2 is 2.14 bits per heavy atom. The van der Waals surface area contributed by atoms with Crippen molar-refractivity contribution in [1.82, 2.24) is 0 Å². The number of anilines is 1. The van der Waals surface area contributed by atoms with Crippen LogP contribution in [-0.2, 0) is 5.41 Å². The number of hydrogen-bond donors (Lipinski definition) is 1. The van der Waals surface area contributed by atoms with Crippen LogP contribution in [0.3, 0.4) is 0 Å². The van der Waals surface area contributed by atoms with Gasteiger partial charge in [-0.05, 0) is 24.5 Å². The Hall–Kier alpha value is -1.27. The fourth-order valence-corrected chi connectivity index (χ4v) is 1.85. The van der Waals surface area contributed by atoms with E-state index in [1.165, 1.54) is 6.07 Å². The lowest BCUT2D eigenvalue weighted by atomic mass is 9.97. The van der Waals surface area contributed by atoms with Crippen LogP contribution in [0.5, 0.6) is 0 Å². The summed E-state index contributed by atoms with van der Waals surface area (Å²) in [4.78, 5) is 0. The molecule has 72 valence electrons. The average molecular weight is 211 g/mol. The smallest absolute Gasteiger partial charge is 0.164 e. The molecule has 1 aromatic carbocycles. The van der Waals surface area contributed by atoms with Crippen LogP contribution in [0.25, 0.3) is 0 Å². The molecule has 0 saturated heterocycles. The van der Waals surface area contributed by atoms with E-state index in [-0.39, 0.29) is 10.7 Å². The molecule has 1 saturated carbocycles. The molecule has 1 fully saturated rings. The van der Waals surface area contributed by atoms with Crippen LogP contribution in [0.1, 0.15) is 18.4 Å². The van der Waals surface area contributed by atoms with Gasteiger partial charge in [0, 0.05) is 0 Å². The summed E-state index contributed by atoms with van der Waals surface area (Å²) < 4.78 is 13.3. The van der Waals surface area contributed by atoms with Gasteiger partial charge in [0.1, 0.15) is 0 Å². The molecule has 0 spiro atoms. The van der Waals surface area contributed by atoms with Crippen LogP contribution >= 0.6 is 11.6 Å². The van der Waals surface area contributed by atoms with Crippen LogP contribution in [0.4, 0.5) is 10.1 Å². The second-order valence-electron chi connectivity index (χ2n) is 3.52. The molecule has 14 heavy (non-hydrogen) atoms. The second-order valence-corrected chi connectivity index (χ2v) is 3.90. The van der Waals surface area contributed by atoms with E-state index in [0.717, 1.165) is 12.8 Å². The van der Waals surface area contributed by atoms with E-state index in [4.69, 9.17) is 22.6 Å². The van der Waals surface area contributed by atoms with Crippen molar-refractivity contribution in [3.8, 4) is 6.07 Å². The minimum Gasteiger partial charge on any atom is -0.396 e. The van der Waals surface area contributed by atoms with Crippen LogP contribution < -0.4 is 5.73 Å². The molecule has 0 aromatic heterocycles. The van der Waals surface area contributed by atoms with Gasteiger partial charge in [-0.15, -0.1) is 0 Å². The largest absolute Gasteiger partial charge is 0.396 e. The maximum absolute atomic E-state index is 13.3. The Bertz CT molecular complexity index is 432. The third-order valence-electron chi connectivity index (χ3n) is 2.59. The van der Waals surface area contributed by atoms with E-state index in [2.05, 4.69) is 6.07 Å². The Labute approximate surface area is 86.1 Å². The van der Waals surface area contributed by atoms with Gasteiger partial charge in [0.05, 0.1) is 22.2 Å². The molecule has 0 aliphatic heterocycles. The van der Waals surface area contributed by atoms with Crippen molar-refractivity contribution in [3.05, 3.63) is 28.5 Å². The molecule has 2 rings (SSSR count). The summed E-state index contributed by atoms with van der Waals surface area (Å²) in [5, 5.41) is 8.92. The monoisotopic (exact) mass is 210 g/mol. The van der Waals surface area contributed by atoms with Crippen molar-refractivity contribution in [2.75, 3.05) is 5.73 Å². The molecule has 0 amide bonds. The molecular weight excluding hydrogens is 203 g/mol. The molecule has 0 heterocycles. The number of nitrogens with two attached hydrogens (primary N) is 1. The Balaban J connectivity index is 2.57. The number of rotatable bonds is 1. The summed E-state index contributed by atoms with van der Waals surface area (Å²) in [6.45, 7) is 0. The first-order valence-electron chi connectivity index (χ1n) is 4.26. The number of halogens is 2. The number of nitriles is 1. The average Bonchev–Trinajstić information content (AvgIpc) is 2.95. The van der Waals surface area contributed by atoms with Crippen LogP contribution in [0.15, 0.2) is 12.1 Å². The van der Waals surface area contributed by atoms with E-state index in [1.807, 2.05) is 0 Å². The Morgan fingerprint density at radius 3 is 2.64 bits per heavy atom. The van der Waals surface area contributed by atoms with Gasteiger partial charge in [-0.25, -0.2) is 4.39 Å². The molecular formula is C10H8ClFN2. The summed E-state index contributed by atoms with van der Waals surface area (Å²) in [7, 11) is 0. The van der Waals surface area contributed by atoms with Crippen molar-refractivity contribution in [3.63, 3.8) is 0 Å². The Kier molecular flexibility index (Phi) is 1.90. The van der Waals surface area contributed by atoms with Crippen molar-refractivity contribution in [1.29, 1.82) is 5.26 Å². The van der Waals surface area contributed by atoms with Crippen LogP contribution in [0, 0.1) is 17.1 Å². The van der Waals surface area contributed by atoms with Gasteiger partial charge in [0.2, 0.25) is 0 Å². The third kappa shape index (κ3) is 1.15. The molecule has 2 nitrogen and oxygen atoms in total. The number of nitrogens with zero attached hydrogens (tertiary/aromatic N) is 1. The first-order valence-corrected chi connectivity index (χ1v) is 4.64. The van der Waals surface area contributed by atoms with Crippen molar-refractivity contribution >= 4 is 17.3 Å². The first-order chi connectivity index (χ1) is 6.60. The zero-order valence-corrected chi connectivity index (χ0v) is 8.11. The van der Waals surface area contributed by atoms with E-state index >= 15 is 0 Å². The highest BCUT2D eigenvalue weighted by molar-refractivity contribution is 6.32. The standard InChI is InChI=1S/C10H8ClFN2/c11-8-6(10(5-13)3-4-10)1-2-7(14)9(8)12/h1-2H,3-4,14H2. The lowest BCUT2D eigenvalue weighted by Crippen LogP contribution is -2.05. The zero-order chi connectivity index (χ0) is 10.3. The molecule has 4 heteroatoms. The van der Waals surface area contributed by atoms with Gasteiger partial charge in [0.15, 0.2) is 5.82 Å². The fraction of sp³-hybridized carbons (Fsp3) is 0.300. The lowest BCUT2D eigenvalue weighted by Gasteiger charge is -2.10. The van der Waals surface area contributed by atoms with Gasteiger partial charge >= 0.3 is 0 Å². The number of hydrogen-bond acceptors (Lipinski definition) is 2. The van der Waals surface area contributed by atoms with Crippen LogP contribution in [-0.4, -0.2) is 0 Å². The molecule has 0 unspecified atom stereocenters. The highest BCUT2D eigenvalue weighted by Crippen LogP contribution is 2.50. The molecule has 1 aliphatic rings. The van der Waals surface area contributed by atoms with Gasteiger partial charge in [-0.2, -0.15) is 5.26 Å². The first kappa shape index (κ1) is 9.29. The third-order valence-corrected chi connectivity index (χ3v) is 2.96. The summed E-state index contributed by atoms with van der Waals surface area (Å²) in [5.41, 5.74) is 5.37. The van der Waals surface area contributed by atoms with Gasteiger partial charge in [-0.3, -0.25) is 0 Å². The lowest BCUT2D eigenvalue weighted by molar-refractivity contribution is 0.629. The molecule has 1 aromatic rings. The zero-order valence-electron chi connectivity index (χ0n) is 7.35. The van der Waals surface area contributed by atoms with Gasteiger partial charge < -0.3 is 5.73 Å². The van der Waals surface area contributed by atoms with E-state index in [1.54, 1.807) is 6.07 Å². The molecule has 0 atom stereocenters. The maximum Gasteiger partial charge on any atom is 0.164 e. The Morgan fingerprint density at radius 1 is 1.50 bits per heavy atom. The second kappa shape index (κ2) is 2.86. The van der Waals surface area contributed by atoms with Crippen LogP contribution in [0.2, 0.25) is 5.02 Å². The molecule has 1 aliphatic carbocycles. The minimum absolute atomic E-state index is 0.0101. The number of benzene rings is 1. The quantitative estimate of drug-likeness (QED) is 0.725. The van der Waals surface area contributed by atoms with E-state index < -0.39 is 11.2 Å². The summed E-state index contributed by atoms with van der Waals surface area (Å²) >= 11 is 5.80. The predicted molar refractivity (Wildman–Crippen MR) is 52.3 cm³/mol. The van der Waals surface area contributed by atoms with Gasteiger partial charge in [-0.1, -0.05) is 17.7 Å². The SMILES string of the molecule is N#CC1(c2ccc(N)c(F)c2Cl)CC1. The van der Waals surface area contributed by atoms with Gasteiger partial charge in [0.25, 0.3) is 0 Å². The van der Waals surface area contributed by atoms with E-state index in [9.17, 15) is 4.39 Å². The molecule has 2 N–H and O–H groups in total. The number of nitrogen functional groups attached to an aromatic ring is 1. The highest BCUT2D eigenvalue weighted by Gasteiger charge is 2.46. The van der Waals surface area contributed by atoms with Crippen molar-refractivity contribution in [2.24, 2.45) is 0 Å². The van der Waals surface area contributed by atoms with Crippen molar-refractivity contribution in [2.45, 2.75) is 18.3 Å². The highest BCUT2D eigenvalue weighted by atomic mass is 35.5. The molecule has 0 bridgehead atoms. The molecule has 0 radical (unpaired) electrons. The summed E-state index contributed by atoms with van der Waals surface area (Å²) in [6.07, 6.45) is 1.49. The normalized spacial score (nSPS) is 17.5. The predicted octanol–water partition coefficient (Wildman–Crippen LogP) is 2.62. The topological polar surface area (TPSA) is 49.8 Å². The summed E-state index contributed by atoms with van der Waals surface area (Å²) in [6, 6.07) is 5.25. The fourth-order valence-electron chi connectivity index (χ4n) is 1.50. The summed E-state index contributed by atoms with van der Waals surface area (Å²) in [5.74, 6) is -0.620. The minimum atomic E-state index is -0.620. The van der Waals surface area contributed by atoms with Crippen molar-refractivity contribution < 1.29 is 4.39 Å². The maximum atomic E-state index is 13.3.